The third-order valence-electron chi connectivity index (χ3n) is 4.09. The number of hydrogen-bond donors (Lipinski definition) is 0. The van der Waals surface area contributed by atoms with Crippen molar-refractivity contribution >= 4 is 35.0 Å². The molecule has 1 aliphatic heterocycles. The van der Waals surface area contributed by atoms with Crippen LogP contribution in [0.4, 0.5) is 5.69 Å². The fraction of sp³-hybridized carbons (Fsp3) is 0.278. The average Bonchev–Trinajstić information content (AvgIpc) is 2.62. The van der Waals surface area contributed by atoms with Crippen LogP contribution in [0.1, 0.15) is 10.4 Å². The second-order valence-electron chi connectivity index (χ2n) is 5.46. The van der Waals surface area contributed by atoms with Gasteiger partial charge in [0.05, 0.1) is 10.6 Å². The Hall–Kier alpha value is -1.65. The number of rotatable bonds is 3. The first-order valence-electron chi connectivity index (χ1n) is 7.62. The standard InChI is InChI=1S/C18H19ClN2OS/c1-23-15-7-8-17(19)16(13-15)18(22)21-11-9-20(10-12-21)14-5-3-2-4-6-14/h2-8,13H,9-12H2,1H3. The molecule has 0 spiro atoms. The molecule has 5 heteroatoms. The number of benzene rings is 2. The van der Waals surface area contributed by atoms with Gasteiger partial charge in [0.15, 0.2) is 0 Å². The summed E-state index contributed by atoms with van der Waals surface area (Å²) in [5.74, 6) is 0.0265. The summed E-state index contributed by atoms with van der Waals surface area (Å²) in [6.07, 6.45) is 2.00. The number of nitrogens with zero attached hydrogens (tertiary/aromatic N) is 2. The highest BCUT2D eigenvalue weighted by Crippen LogP contribution is 2.25. The van der Waals surface area contributed by atoms with Gasteiger partial charge in [-0.25, -0.2) is 0 Å². The summed E-state index contributed by atoms with van der Waals surface area (Å²) in [7, 11) is 0. The van der Waals surface area contributed by atoms with Gasteiger partial charge in [-0.1, -0.05) is 29.8 Å². The summed E-state index contributed by atoms with van der Waals surface area (Å²) in [5, 5.41) is 0.526. The summed E-state index contributed by atoms with van der Waals surface area (Å²) in [5.41, 5.74) is 1.81. The van der Waals surface area contributed by atoms with Gasteiger partial charge in [-0.15, -0.1) is 11.8 Å². The van der Waals surface area contributed by atoms with E-state index in [9.17, 15) is 4.79 Å². The van der Waals surface area contributed by atoms with E-state index in [4.69, 9.17) is 11.6 Å². The van der Waals surface area contributed by atoms with E-state index in [1.165, 1.54) is 5.69 Å². The van der Waals surface area contributed by atoms with Gasteiger partial charge in [0.25, 0.3) is 5.91 Å². The summed E-state index contributed by atoms with van der Waals surface area (Å²) >= 11 is 7.84. The van der Waals surface area contributed by atoms with Crippen LogP contribution in [0.15, 0.2) is 53.4 Å². The lowest BCUT2D eigenvalue weighted by molar-refractivity contribution is 0.0746. The number of para-hydroxylation sites is 1. The molecule has 3 rings (SSSR count). The van der Waals surface area contributed by atoms with E-state index < -0.39 is 0 Å². The highest BCUT2D eigenvalue weighted by Gasteiger charge is 2.23. The zero-order chi connectivity index (χ0) is 16.2. The molecule has 0 atom stereocenters. The second-order valence-corrected chi connectivity index (χ2v) is 6.75. The Bertz CT molecular complexity index is 685. The van der Waals surface area contributed by atoms with E-state index >= 15 is 0 Å². The molecule has 2 aromatic carbocycles. The van der Waals surface area contributed by atoms with Crippen LogP contribution in [0.3, 0.4) is 0 Å². The lowest BCUT2D eigenvalue weighted by Gasteiger charge is -2.36. The van der Waals surface area contributed by atoms with Crippen molar-refractivity contribution < 1.29 is 4.79 Å². The molecule has 1 amide bonds. The molecule has 23 heavy (non-hydrogen) atoms. The predicted octanol–water partition coefficient (Wildman–Crippen LogP) is 4.02. The third-order valence-corrected chi connectivity index (χ3v) is 5.15. The lowest BCUT2D eigenvalue weighted by Crippen LogP contribution is -2.48. The van der Waals surface area contributed by atoms with Crippen molar-refractivity contribution in [1.29, 1.82) is 0 Å². The van der Waals surface area contributed by atoms with Crippen LogP contribution < -0.4 is 4.90 Å². The van der Waals surface area contributed by atoms with Crippen LogP contribution in [-0.4, -0.2) is 43.2 Å². The van der Waals surface area contributed by atoms with Crippen LogP contribution in [-0.2, 0) is 0 Å². The van der Waals surface area contributed by atoms with Crippen LogP contribution in [0.2, 0.25) is 5.02 Å². The highest BCUT2D eigenvalue weighted by atomic mass is 35.5. The van der Waals surface area contributed by atoms with Gasteiger partial charge in [0.2, 0.25) is 0 Å². The van der Waals surface area contributed by atoms with Gasteiger partial charge < -0.3 is 9.80 Å². The maximum atomic E-state index is 12.7. The van der Waals surface area contributed by atoms with E-state index in [1.54, 1.807) is 17.8 Å². The quantitative estimate of drug-likeness (QED) is 0.784. The molecule has 0 radical (unpaired) electrons. The van der Waals surface area contributed by atoms with Crippen molar-refractivity contribution in [2.75, 3.05) is 37.3 Å². The Morgan fingerprint density at radius 2 is 1.74 bits per heavy atom. The summed E-state index contributed by atoms with van der Waals surface area (Å²) in [4.78, 5) is 18.0. The topological polar surface area (TPSA) is 23.6 Å². The zero-order valence-corrected chi connectivity index (χ0v) is 14.6. The first-order valence-corrected chi connectivity index (χ1v) is 9.22. The van der Waals surface area contributed by atoms with Gasteiger partial charge in [-0.05, 0) is 36.6 Å². The molecule has 120 valence electrons. The Morgan fingerprint density at radius 1 is 1.04 bits per heavy atom. The van der Waals surface area contributed by atoms with E-state index in [0.29, 0.717) is 23.7 Å². The minimum atomic E-state index is 0.0265. The van der Waals surface area contributed by atoms with Gasteiger partial charge in [0, 0.05) is 36.8 Å². The minimum Gasteiger partial charge on any atom is -0.368 e. The van der Waals surface area contributed by atoms with Crippen LogP contribution in [0.5, 0.6) is 0 Å². The molecule has 1 aliphatic rings. The fourth-order valence-electron chi connectivity index (χ4n) is 2.77. The lowest BCUT2D eigenvalue weighted by atomic mass is 10.1. The van der Waals surface area contributed by atoms with Gasteiger partial charge in [-0.3, -0.25) is 4.79 Å². The molecule has 2 aromatic rings. The van der Waals surface area contributed by atoms with E-state index in [0.717, 1.165) is 18.0 Å². The number of piperazine rings is 1. The number of anilines is 1. The number of thioether (sulfide) groups is 1. The first-order chi connectivity index (χ1) is 11.2. The first kappa shape index (κ1) is 16.2. The summed E-state index contributed by atoms with van der Waals surface area (Å²) < 4.78 is 0. The molecular weight excluding hydrogens is 328 g/mol. The van der Waals surface area contributed by atoms with Crippen molar-refractivity contribution in [1.82, 2.24) is 4.90 Å². The number of halogens is 1. The number of hydrogen-bond acceptors (Lipinski definition) is 3. The zero-order valence-electron chi connectivity index (χ0n) is 13.0. The molecule has 0 N–H and O–H groups in total. The van der Waals surface area contributed by atoms with Crippen LogP contribution in [0.25, 0.3) is 0 Å². The van der Waals surface area contributed by atoms with Crippen LogP contribution in [0, 0.1) is 0 Å². The molecule has 0 aliphatic carbocycles. The number of amides is 1. The largest absolute Gasteiger partial charge is 0.368 e. The van der Waals surface area contributed by atoms with Crippen molar-refractivity contribution in [2.24, 2.45) is 0 Å². The Labute approximate surface area is 146 Å². The average molecular weight is 347 g/mol. The highest BCUT2D eigenvalue weighted by molar-refractivity contribution is 7.98. The Morgan fingerprint density at radius 3 is 2.39 bits per heavy atom. The van der Waals surface area contributed by atoms with Gasteiger partial charge in [-0.2, -0.15) is 0 Å². The van der Waals surface area contributed by atoms with Crippen molar-refractivity contribution in [3.05, 3.63) is 59.1 Å². The molecule has 0 aromatic heterocycles. The summed E-state index contributed by atoms with van der Waals surface area (Å²) in [6, 6.07) is 16.0. The SMILES string of the molecule is CSc1ccc(Cl)c(C(=O)N2CCN(c3ccccc3)CC2)c1. The predicted molar refractivity (Wildman–Crippen MR) is 97.8 cm³/mol. The smallest absolute Gasteiger partial charge is 0.255 e. The molecule has 1 saturated heterocycles. The molecule has 0 unspecified atom stereocenters. The Balaban J connectivity index is 1.69. The molecular formula is C18H19ClN2OS. The van der Waals surface area contributed by atoms with E-state index in [2.05, 4.69) is 17.0 Å². The number of carbonyl (C=O) groups is 1. The second kappa shape index (κ2) is 7.28. The maximum absolute atomic E-state index is 12.7. The van der Waals surface area contributed by atoms with Crippen molar-refractivity contribution in [3.63, 3.8) is 0 Å². The normalized spacial score (nSPS) is 14.9. The third kappa shape index (κ3) is 3.65. The van der Waals surface area contributed by atoms with E-state index in [-0.39, 0.29) is 5.91 Å². The minimum absolute atomic E-state index is 0.0265. The summed E-state index contributed by atoms with van der Waals surface area (Å²) in [6.45, 7) is 3.12. The monoisotopic (exact) mass is 346 g/mol. The van der Waals surface area contributed by atoms with Gasteiger partial charge in [0.1, 0.15) is 0 Å². The van der Waals surface area contributed by atoms with Gasteiger partial charge >= 0.3 is 0 Å². The molecule has 1 heterocycles. The van der Waals surface area contributed by atoms with Crippen molar-refractivity contribution in [3.8, 4) is 0 Å². The fourth-order valence-corrected chi connectivity index (χ4v) is 3.41. The van der Waals surface area contributed by atoms with E-state index in [1.807, 2.05) is 41.5 Å². The molecule has 3 nitrogen and oxygen atoms in total. The van der Waals surface area contributed by atoms with Crippen molar-refractivity contribution in [2.45, 2.75) is 4.90 Å². The molecule has 0 bridgehead atoms. The Kier molecular flexibility index (Phi) is 5.13. The van der Waals surface area contributed by atoms with Crippen LogP contribution >= 0.6 is 23.4 Å². The molecule has 0 saturated carbocycles. The molecule has 1 fully saturated rings. The number of carbonyl (C=O) groups excluding carboxylic acids is 1. The maximum Gasteiger partial charge on any atom is 0.255 e.